The van der Waals surface area contributed by atoms with Crippen molar-refractivity contribution in [2.24, 2.45) is 0 Å². The first kappa shape index (κ1) is 14.1. The van der Waals surface area contributed by atoms with Gasteiger partial charge in [0.25, 0.3) is 0 Å². The van der Waals surface area contributed by atoms with Crippen LogP contribution in [-0.4, -0.2) is 9.97 Å². The molecule has 2 nitrogen and oxygen atoms in total. The molecular formula is C17H26N2. The lowest BCUT2D eigenvalue weighted by Crippen LogP contribution is -1.89. The second-order valence-electron chi connectivity index (χ2n) is 5.47. The highest BCUT2D eigenvalue weighted by atomic mass is 14.8. The average molecular weight is 258 g/mol. The third kappa shape index (κ3) is 3.82. The molecule has 0 atom stereocenters. The Morgan fingerprint density at radius 1 is 1.00 bits per heavy atom. The van der Waals surface area contributed by atoms with Crippen molar-refractivity contribution in [2.75, 3.05) is 0 Å². The molecule has 2 rings (SSSR count). The van der Waals surface area contributed by atoms with Gasteiger partial charge in [-0.25, -0.2) is 4.98 Å². The van der Waals surface area contributed by atoms with E-state index in [4.69, 9.17) is 0 Å². The number of rotatable bonds is 8. The minimum Gasteiger partial charge on any atom is -0.346 e. The van der Waals surface area contributed by atoms with Crippen molar-refractivity contribution >= 4 is 11.0 Å². The van der Waals surface area contributed by atoms with E-state index in [0.717, 1.165) is 12.1 Å². The third-order valence-corrected chi connectivity index (χ3v) is 3.79. The van der Waals surface area contributed by atoms with Crippen molar-refractivity contribution in [2.45, 2.75) is 65.2 Å². The van der Waals surface area contributed by atoms with Crippen LogP contribution in [0.4, 0.5) is 0 Å². The summed E-state index contributed by atoms with van der Waals surface area (Å²) in [4.78, 5) is 7.85. The van der Waals surface area contributed by atoms with E-state index in [1.165, 1.54) is 61.5 Å². The van der Waals surface area contributed by atoms with Crippen LogP contribution in [0.15, 0.2) is 18.5 Å². The molecule has 0 unspecified atom stereocenters. The normalized spacial score (nSPS) is 11.3. The van der Waals surface area contributed by atoms with Crippen molar-refractivity contribution in [3.63, 3.8) is 0 Å². The first-order valence-electron chi connectivity index (χ1n) is 7.80. The van der Waals surface area contributed by atoms with Gasteiger partial charge in [-0.1, -0.05) is 39.5 Å². The molecule has 0 amide bonds. The van der Waals surface area contributed by atoms with Gasteiger partial charge in [-0.2, -0.15) is 0 Å². The van der Waals surface area contributed by atoms with Gasteiger partial charge >= 0.3 is 0 Å². The van der Waals surface area contributed by atoms with E-state index in [-0.39, 0.29) is 0 Å². The fourth-order valence-corrected chi connectivity index (χ4v) is 2.59. The van der Waals surface area contributed by atoms with Crippen LogP contribution in [0.1, 0.15) is 63.5 Å². The minimum atomic E-state index is 1.05. The predicted molar refractivity (Wildman–Crippen MR) is 82.6 cm³/mol. The summed E-state index contributed by atoms with van der Waals surface area (Å²) in [6, 6.07) is 2.34. The third-order valence-electron chi connectivity index (χ3n) is 3.79. The zero-order chi connectivity index (χ0) is 13.5. The van der Waals surface area contributed by atoms with Gasteiger partial charge in [-0.15, -0.1) is 0 Å². The first-order valence-corrected chi connectivity index (χ1v) is 7.80. The molecule has 0 bridgehead atoms. The number of hydrogen-bond donors (Lipinski definition) is 1. The first-order chi connectivity index (χ1) is 9.35. The molecule has 0 saturated heterocycles. The number of fused-ring (bicyclic) bond motifs is 1. The smallest absolute Gasteiger partial charge is 0.137 e. The van der Waals surface area contributed by atoms with Crippen molar-refractivity contribution in [3.05, 3.63) is 29.6 Å². The van der Waals surface area contributed by atoms with Gasteiger partial charge in [-0.05, 0) is 42.9 Å². The van der Waals surface area contributed by atoms with E-state index in [0.29, 0.717) is 0 Å². The average Bonchev–Trinajstić information content (AvgIpc) is 2.82. The monoisotopic (exact) mass is 258 g/mol. The molecule has 1 N–H and O–H groups in total. The van der Waals surface area contributed by atoms with E-state index in [1.54, 1.807) is 0 Å². The summed E-state index contributed by atoms with van der Waals surface area (Å²) in [5.41, 5.74) is 3.87. The van der Waals surface area contributed by atoms with E-state index < -0.39 is 0 Å². The minimum absolute atomic E-state index is 1.05. The largest absolute Gasteiger partial charge is 0.346 e. The van der Waals surface area contributed by atoms with Crippen LogP contribution in [0, 0.1) is 0 Å². The van der Waals surface area contributed by atoms with Crippen molar-refractivity contribution in [3.8, 4) is 0 Å². The molecule has 0 saturated carbocycles. The maximum absolute atomic E-state index is 4.55. The fraction of sp³-hybridized carbons (Fsp3) is 0.588. The summed E-state index contributed by atoms with van der Waals surface area (Å²) in [6.07, 6.45) is 14.3. The number of pyridine rings is 1. The molecule has 0 aliphatic heterocycles. The molecule has 0 aliphatic rings. The molecule has 0 radical (unpaired) electrons. The predicted octanol–water partition coefficient (Wildman–Crippen LogP) is 5.03. The van der Waals surface area contributed by atoms with Crippen LogP contribution < -0.4 is 0 Å². The molecule has 2 aromatic rings. The molecule has 2 heterocycles. The Hall–Kier alpha value is -1.31. The molecule has 0 spiro atoms. The van der Waals surface area contributed by atoms with Crippen LogP contribution in [0.2, 0.25) is 0 Å². The molecule has 2 heteroatoms. The standard InChI is InChI=1S/C17H26N2/c1-3-5-7-9-14-11-16-15(10-8-6-4-2)13-19-17(16)18-12-14/h11-13H,3-10H2,1-2H3,(H,18,19). The van der Waals surface area contributed by atoms with Crippen LogP contribution in [-0.2, 0) is 12.8 Å². The number of hydrogen-bond acceptors (Lipinski definition) is 1. The molecule has 0 fully saturated rings. The summed E-state index contributed by atoms with van der Waals surface area (Å²) >= 11 is 0. The topological polar surface area (TPSA) is 28.7 Å². The van der Waals surface area contributed by atoms with Crippen molar-refractivity contribution in [1.29, 1.82) is 0 Å². The lowest BCUT2D eigenvalue weighted by Gasteiger charge is -2.02. The molecule has 0 aliphatic carbocycles. The van der Waals surface area contributed by atoms with Gasteiger partial charge in [0.2, 0.25) is 0 Å². The van der Waals surface area contributed by atoms with Gasteiger partial charge < -0.3 is 4.98 Å². The zero-order valence-electron chi connectivity index (χ0n) is 12.3. The van der Waals surface area contributed by atoms with Crippen LogP contribution in [0.25, 0.3) is 11.0 Å². The molecular weight excluding hydrogens is 232 g/mol. The van der Waals surface area contributed by atoms with Gasteiger partial charge in [0, 0.05) is 17.8 Å². The second kappa shape index (κ2) is 7.32. The Bertz CT molecular complexity index is 499. The molecule has 104 valence electrons. The fourth-order valence-electron chi connectivity index (χ4n) is 2.59. The van der Waals surface area contributed by atoms with Crippen molar-refractivity contribution < 1.29 is 0 Å². The highest BCUT2D eigenvalue weighted by molar-refractivity contribution is 5.80. The molecule has 2 aromatic heterocycles. The lowest BCUT2D eigenvalue weighted by atomic mass is 10.0. The zero-order valence-corrected chi connectivity index (χ0v) is 12.3. The Labute approximate surface area is 116 Å². The highest BCUT2D eigenvalue weighted by Crippen LogP contribution is 2.20. The van der Waals surface area contributed by atoms with Gasteiger partial charge in [0.05, 0.1) is 0 Å². The number of unbranched alkanes of at least 4 members (excludes halogenated alkanes) is 4. The van der Waals surface area contributed by atoms with Crippen LogP contribution in [0.3, 0.4) is 0 Å². The van der Waals surface area contributed by atoms with Crippen LogP contribution in [0.5, 0.6) is 0 Å². The Morgan fingerprint density at radius 3 is 2.47 bits per heavy atom. The number of aryl methyl sites for hydroxylation is 2. The summed E-state index contributed by atoms with van der Waals surface area (Å²) in [5, 5.41) is 1.34. The van der Waals surface area contributed by atoms with Gasteiger partial charge in [-0.3, -0.25) is 0 Å². The second-order valence-corrected chi connectivity index (χ2v) is 5.47. The number of aromatic amines is 1. The number of H-pyrrole nitrogens is 1. The Morgan fingerprint density at radius 2 is 1.74 bits per heavy atom. The van der Waals surface area contributed by atoms with E-state index in [9.17, 15) is 0 Å². The van der Waals surface area contributed by atoms with Gasteiger partial charge in [0.1, 0.15) is 5.65 Å². The lowest BCUT2D eigenvalue weighted by molar-refractivity contribution is 0.715. The summed E-state index contributed by atoms with van der Waals surface area (Å²) in [5.74, 6) is 0. The summed E-state index contributed by atoms with van der Waals surface area (Å²) < 4.78 is 0. The van der Waals surface area contributed by atoms with Crippen molar-refractivity contribution in [1.82, 2.24) is 9.97 Å². The number of nitrogens with one attached hydrogen (secondary N) is 1. The maximum Gasteiger partial charge on any atom is 0.137 e. The Balaban J connectivity index is 2.08. The Kier molecular flexibility index (Phi) is 5.44. The quantitative estimate of drug-likeness (QED) is 0.661. The number of nitrogens with zero attached hydrogens (tertiary/aromatic N) is 1. The van der Waals surface area contributed by atoms with E-state index >= 15 is 0 Å². The summed E-state index contributed by atoms with van der Waals surface area (Å²) in [6.45, 7) is 4.50. The highest BCUT2D eigenvalue weighted by Gasteiger charge is 2.05. The van der Waals surface area contributed by atoms with E-state index in [2.05, 4.69) is 36.1 Å². The molecule has 19 heavy (non-hydrogen) atoms. The summed E-state index contributed by atoms with van der Waals surface area (Å²) in [7, 11) is 0. The van der Waals surface area contributed by atoms with E-state index in [1.807, 2.05) is 6.20 Å². The van der Waals surface area contributed by atoms with Crippen LogP contribution >= 0.6 is 0 Å². The maximum atomic E-state index is 4.55. The SMILES string of the molecule is CCCCCc1cnc2[nH]cc(CCCCC)c2c1. The molecule has 0 aromatic carbocycles. The number of aromatic nitrogens is 2. The van der Waals surface area contributed by atoms with Gasteiger partial charge in [0.15, 0.2) is 0 Å².